The van der Waals surface area contributed by atoms with Crippen molar-refractivity contribution in [2.24, 2.45) is 15.1 Å². The predicted molar refractivity (Wildman–Crippen MR) is 81.1 cm³/mol. The molecule has 0 unspecified atom stereocenters. The number of halogens is 2. The average Bonchev–Trinajstić information content (AvgIpc) is 2.45. The molecule has 2 rings (SSSR count). The van der Waals surface area contributed by atoms with Gasteiger partial charge in [-0.25, -0.2) is 17.4 Å². The van der Waals surface area contributed by atoms with E-state index in [-0.39, 0.29) is 17.2 Å². The van der Waals surface area contributed by atoms with Crippen LogP contribution < -0.4 is 5.73 Å². The van der Waals surface area contributed by atoms with E-state index in [0.29, 0.717) is 0 Å². The van der Waals surface area contributed by atoms with Gasteiger partial charge in [-0.1, -0.05) is 18.2 Å². The Bertz CT molecular complexity index is 708. The van der Waals surface area contributed by atoms with Crippen molar-refractivity contribution in [3.05, 3.63) is 35.6 Å². The zero-order valence-corrected chi connectivity index (χ0v) is 13.1. The van der Waals surface area contributed by atoms with Crippen molar-refractivity contribution in [2.45, 2.75) is 24.1 Å². The van der Waals surface area contributed by atoms with Gasteiger partial charge >= 0.3 is 0 Å². The number of hydrogen-bond donors (Lipinski definition) is 1. The molecule has 7 heteroatoms. The molecule has 1 aliphatic rings. The van der Waals surface area contributed by atoms with Crippen molar-refractivity contribution < 1.29 is 13.0 Å². The lowest BCUT2D eigenvalue weighted by Crippen LogP contribution is -2.56. The molecule has 2 N–H and O–H groups in total. The van der Waals surface area contributed by atoms with Crippen LogP contribution in [0.1, 0.15) is 19.4 Å². The molecule has 116 valence electrons. The van der Waals surface area contributed by atoms with Gasteiger partial charge in [0.05, 0.1) is 15.5 Å². The second-order valence-corrected chi connectivity index (χ2v) is 8.58. The quantitative estimate of drug-likeness (QED) is 0.909. The second-order valence-electron chi connectivity index (χ2n) is 5.62. The Morgan fingerprint density at radius 2 is 2.05 bits per heavy atom. The number of nitrogens with two attached hydrogens (primary N) is 1. The minimum absolute atomic E-state index is 0.0326. The topological polar surface area (TPSA) is 67.8 Å². The maximum atomic E-state index is 14.1. The van der Waals surface area contributed by atoms with Gasteiger partial charge in [-0.3, -0.25) is 4.99 Å². The standard InChI is InChI=1S/C14H19F2N3OS/c1-13(2)12(17)19-14(8-15,9-21(13,20)18-3)10-6-4-5-7-11(10)16/h4-7H,8-9H2,1-3H3,(H2,17,19)/t14-,21+/m0/s1. The number of amidine groups is 1. The number of benzene rings is 1. The third-order valence-electron chi connectivity index (χ3n) is 4.07. The summed E-state index contributed by atoms with van der Waals surface area (Å²) in [5, 5.41) is 0. The van der Waals surface area contributed by atoms with Crippen LogP contribution in [0.25, 0.3) is 0 Å². The first kappa shape index (κ1) is 15.9. The molecule has 21 heavy (non-hydrogen) atoms. The van der Waals surface area contributed by atoms with E-state index in [2.05, 4.69) is 9.36 Å². The Labute approximate surface area is 123 Å². The fourth-order valence-electron chi connectivity index (χ4n) is 2.47. The van der Waals surface area contributed by atoms with E-state index in [9.17, 15) is 13.0 Å². The van der Waals surface area contributed by atoms with Crippen molar-refractivity contribution >= 4 is 15.6 Å². The van der Waals surface area contributed by atoms with Crippen LogP contribution in [0.5, 0.6) is 0 Å². The Morgan fingerprint density at radius 3 is 2.57 bits per heavy atom. The minimum atomic E-state index is -2.88. The Balaban J connectivity index is 2.76. The van der Waals surface area contributed by atoms with Crippen LogP contribution in [0.15, 0.2) is 33.6 Å². The normalized spacial score (nSPS) is 31.6. The summed E-state index contributed by atoms with van der Waals surface area (Å²) in [4.78, 5) is 4.20. The summed E-state index contributed by atoms with van der Waals surface area (Å²) >= 11 is 0. The predicted octanol–water partition coefficient (Wildman–Crippen LogP) is 2.24. The van der Waals surface area contributed by atoms with Gasteiger partial charge in [0.1, 0.15) is 28.6 Å². The van der Waals surface area contributed by atoms with Crippen LogP contribution in [-0.4, -0.2) is 34.3 Å². The summed E-state index contributed by atoms with van der Waals surface area (Å²) in [6, 6.07) is 5.76. The number of aliphatic imine (C=N–C) groups is 1. The van der Waals surface area contributed by atoms with E-state index in [1.54, 1.807) is 19.9 Å². The highest BCUT2D eigenvalue weighted by Crippen LogP contribution is 2.39. The molecule has 0 radical (unpaired) electrons. The number of nitrogens with zero attached hydrogens (tertiary/aromatic N) is 2. The third-order valence-corrected chi connectivity index (χ3v) is 7.34. The molecular formula is C14H19F2N3OS. The SMILES string of the molecule is CN=[S@@]1(=O)C[C@@](CF)(c2ccccc2F)N=C(N)C1(C)C. The molecule has 1 aromatic carbocycles. The van der Waals surface area contributed by atoms with Crippen LogP contribution in [0.2, 0.25) is 0 Å². The van der Waals surface area contributed by atoms with Gasteiger partial charge in [-0.05, 0) is 19.9 Å². The Morgan fingerprint density at radius 1 is 1.43 bits per heavy atom. The fraction of sp³-hybridized carbons (Fsp3) is 0.500. The summed E-state index contributed by atoms with van der Waals surface area (Å²) in [7, 11) is -1.47. The fourth-order valence-corrected chi connectivity index (χ4v) is 4.74. The number of alkyl halides is 1. The number of rotatable bonds is 2. The highest BCUT2D eigenvalue weighted by Gasteiger charge is 2.50. The van der Waals surface area contributed by atoms with Crippen LogP contribution in [0, 0.1) is 5.82 Å². The molecule has 0 spiro atoms. The third kappa shape index (κ3) is 2.23. The molecule has 1 aromatic rings. The maximum absolute atomic E-state index is 14.1. The maximum Gasteiger partial charge on any atom is 0.131 e. The molecule has 4 nitrogen and oxygen atoms in total. The van der Waals surface area contributed by atoms with Crippen molar-refractivity contribution in [1.29, 1.82) is 0 Å². The first-order chi connectivity index (χ1) is 9.72. The first-order valence-electron chi connectivity index (χ1n) is 6.52. The van der Waals surface area contributed by atoms with Gasteiger partial charge in [0.25, 0.3) is 0 Å². The zero-order valence-electron chi connectivity index (χ0n) is 12.3. The van der Waals surface area contributed by atoms with Crippen LogP contribution >= 0.6 is 0 Å². The van der Waals surface area contributed by atoms with Crippen molar-refractivity contribution in [1.82, 2.24) is 0 Å². The summed E-state index contributed by atoms with van der Waals surface area (Å²) in [6.45, 7) is 2.33. The lowest BCUT2D eigenvalue weighted by atomic mass is 9.92. The van der Waals surface area contributed by atoms with E-state index >= 15 is 0 Å². The molecule has 1 heterocycles. The smallest absolute Gasteiger partial charge is 0.131 e. The van der Waals surface area contributed by atoms with Crippen LogP contribution in [0.3, 0.4) is 0 Å². The Hall–Kier alpha value is -1.50. The monoisotopic (exact) mass is 315 g/mol. The number of hydrogen-bond acceptors (Lipinski definition) is 4. The van der Waals surface area contributed by atoms with E-state index in [4.69, 9.17) is 5.73 Å². The van der Waals surface area contributed by atoms with Gasteiger partial charge in [0.2, 0.25) is 0 Å². The summed E-state index contributed by atoms with van der Waals surface area (Å²) in [5.74, 6) is -0.753. The molecule has 0 bridgehead atoms. The van der Waals surface area contributed by atoms with Crippen LogP contribution in [-0.2, 0) is 15.3 Å². The van der Waals surface area contributed by atoms with E-state index in [1.165, 1.54) is 25.2 Å². The van der Waals surface area contributed by atoms with E-state index in [1.807, 2.05) is 0 Å². The van der Waals surface area contributed by atoms with Crippen molar-refractivity contribution in [3.63, 3.8) is 0 Å². The summed E-state index contributed by atoms with van der Waals surface area (Å²) < 4.78 is 43.9. The Kier molecular flexibility index (Phi) is 3.82. The van der Waals surface area contributed by atoms with Gasteiger partial charge in [0, 0.05) is 12.6 Å². The van der Waals surface area contributed by atoms with Gasteiger partial charge < -0.3 is 5.73 Å². The van der Waals surface area contributed by atoms with E-state index < -0.39 is 32.5 Å². The molecule has 0 aliphatic carbocycles. The molecule has 0 aromatic heterocycles. The molecule has 0 amide bonds. The molecule has 0 saturated heterocycles. The van der Waals surface area contributed by atoms with Crippen LogP contribution in [0.4, 0.5) is 8.78 Å². The molecule has 1 aliphatic heterocycles. The first-order valence-corrected chi connectivity index (χ1v) is 8.20. The lowest BCUT2D eigenvalue weighted by molar-refractivity contribution is 0.326. The lowest BCUT2D eigenvalue weighted by Gasteiger charge is -2.40. The summed E-state index contributed by atoms with van der Waals surface area (Å²) in [6.07, 6.45) is 0. The molecule has 0 fully saturated rings. The van der Waals surface area contributed by atoms with Gasteiger partial charge in [0.15, 0.2) is 0 Å². The summed E-state index contributed by atoms with van der Waals surface area (Å²) in [5.41, 5.74) is 4.40. The average molecular weight is 315 g/mol. The highest BCUT2D eigenvalue weighted by atomic mass is 32.2. The molecule has 0 saturated carbocycles. The zero-order chi connectivity index (χ0) is 15.9. The molecular weight excluding hydrogens is 296 g/mol. The largest absolute Gasteiger partial charge is 0.386 e. The minimum Gasteiger partial charge on any atom is -0.386 e. The van der Waals surface area contributed by atoms with Crippen molar-refractivity contribution in [2.75, 3.05) is 19.5 Å². The van der Waals surface area contributed by atoms with Crippen molar-refractivity contribution in [3.8, 4) is 0 Å². The highest BCUT2D eigenvalue weighted by molar-refractivity contribution is 7.95. The van der Waals surface area contributed by atoms with Gasteiger partial charge in [-0.15, -0.1) is 0 Å². The second kappa shape index (κ2) is 5.05. The van der Waals surface area contributed by atoms with E-state index in [0.717, 1.165) is 0 Å². The molecule has 2 atom stereocenters. The van der Waals surface area contributed by atoms with Gasteiger partial charge in [-0.2, -0.15) is 0 Å².